The first-order valence-electron chi connectivity index (χ1n) is 7.55. The average molecular weight is 308 g/mol. The van der Waals surface area contributed by atoms with Crippen molar-refractivity contribution in [3.63, 3.8) is 0 Å². The standard InChI is InChI=1S/C14H24N6O2/c1-5-9(2)20-11-10(17-13(20)16-8-6-7-15)12(21)19(4)14(22)18(11)3/h9H,5-8,15H2,1-4H3,(H,16,17). The molecule has 22 heavy (non-hydrogen) atoms. The van der Waals surface area contributed by atoms with E-state index in [0.717, 1.165) is 17.4 Å². The molecule has 0 aliphatic carbocycles. The SMILES string of the molecule is CCC(C)n1c(NCCCN)nc2c(=O)n(C)c(=O)n(C)c21. The second kappa shape index (κ2) is 6.35. The lowest BCUT2D eigenvalue weighted by Gasteiger charge is -2.17. The van der Waals surface area contributed by atoms with Gasteiger partial charge in [-0.15, -0.1) is 0 Å². The Balaban J connectivity index is 2.75. The molecule has 0 aliphatic heterocycles. The molecule has 0 spiro atoms. The van der Waals surface area contributed by atoms with Gasteiger partial charge in [0, 0.05) is 26.7 Å². The minimum Gasteiger partial charge on any atom is -0.356 e. The first-order chi connectivity index (χ1) is 10.4. The van der Waals surface area contributed by atoms with Crippen LogP contribution in [0.2, 0.25) is 0 Å². The first-order valence-corrected chi connectivity index (χ1v) is 7.55. The molecule has 8 nitrogen and oxygen atoms in total. The van der Waals surface area contributed by atoms with Crippen molar-refractivity contribution < 1.29 is 0 Å². The number of aromatic nitrogens is 4. The van der Waals surface area contributed by atoms with Crippen LogP contribution in [0, 0.1) is 0 Å². The second-order valence-corrected chi connectivity index (χ2v) is 5.51. The number of nitrogens with zero attached hydrogens (tertiary/aromatic N) is 4. The van der Waals surface area contributed by atoms with Crippen molar-refractivity contribution in [3.05, 3.63) is 20.8 Å². The molecule has 0 radical (unpaired) electrons. The van der Waals surface area contributed by atoms with E-state index in [1.54, 1.807) is 7.05 Å². The van der Waals surface area contributed by atoms with Gasteiger partial charge in [0.05, 0.1) is 0 Å². The lowest BCUT2D eigenvalue weighted by molar-refractivity contribution is 0.536. The molecule has 0 aromatic carbocycles. The number of nitrogens with one attached hydrogen (secondary N) is 1. The normalized spacial score (nSPS) is 12.8. The van der Waals surface area contributed by atoms with Gasteiger partial charge >= 0.3 is 5.69 Å². The highest BCUT2D eigenvalue weighted by Crippen LogP contribution is 2.23. The fraction of sp³-hybridized carbons (Fsp3) is 0.643. The van der Waals surface area contributed by atoms with E-state index in [0.29, 0.717) is 30.2 Å². The van der Waals surface area contributed by atoms with Crippen LogP contribution in [0.1, 0.15) is 32.7 Å². The number of hydrogen-bond donors (Lipinski definition) is 2. The summed E-state index contributed by atoms with van der Waals surface area (Å²) < 4.78 is 4.48. The molecule has 2 rings (SSSR count). The van der Waals surface area contributed by atoms with Crippen molar-refractivity contribution in [3.8, 4) is 0 Å². The molecule has 0 amide bonds. The van der Waals surface area contributed by atoms with Gasteiger partial charge in [0.15, 0.2) is 11.2 Å². The number of aryl methyl sites for hydroxylation is 1. The maximum atomic E-state index is 12.3. The zero-order chi connectivity index (χ0) is 16.4. The van der Waals surface area contributed by atoms with E-state index in [1.807, 2.05) is 11.5 Å². The molecule has 2 aromatic heterocycles. The van der Waals surface area contributed by atoms with E-state index in [-0.39, 0.29) is 17.3 Å². The van der Waals surface area contributed by atoms with Crippen LogP contribution in [-0.2, 0) is 14.1 Å². The molecule has 1 atom stereocenters. The predicted molar refractivity (Wildman–Crippen MR) is 87.4 cm³/mol. The number of hydrogen-bond acceptors (Lipinski definition) is 5. The fourth-order valence-electron chi connectivity index (χ4n) is 2.48. The van der Waals surface area contributed by atoms with Gasteiger partial charge in [-0.05, 0) is 26.3 Å². The van der Waals surface area contributed by atoms with Crippen molar-refractivity contribution in [2.75, 3.05) is 18.4 Å². The molecule has 3 N–H and O–H groups in total. The van der Waals surface area contributed by atoms with Gasteiger partial charge in [-0.2, -0.15) is 0 Å². The molecule has 0 aliphatic rings. The topological polar surface area (TPSA) is 99.9 Å². The molecule has 2 heterocycles. The van der Waals surface area contributed by atoms with Gasteiger partial charge in [0.1, 0.15) is 0 Å². The minimum atomic E-state index is -0.373. The molecule has 1 unspecified atom stereocenters. The molecule has 122 valence electrons. The van der Waals surface area contributed by atoms with Gasteiger partial charge in [-0.1, -0.05) is 6.92 Å². The number of anilines is 1. The number of nitrogens with two attached hydrogens (primary N) is 1. The predicted octanol–water partition coefficient (Wildman–Crippen LogP) is 0.165. The Labute approximate surface area is 128 Å². The van der Waals surface area contributed by atoms with E-state index in [1.165, 1.54) is 11.6 Å². The van der Waals surface area contributed by atoms with Crippen molar-refractivity contribution in [2.45, 2.75) is 32.7 Å². The third kappa shape index (κ3) is 2.54. The van der Waals surface area contributed by atoms with Crippen LogP contribution in [0.4, 0.5) is 5.95 Å². The highest BCUT2D eigenvalue weighted by atomic mass is 16.2. The Morgan fingerprint density at radius 2 is 1.95 bits per heavy atom. The molecular formula is C14H24N6O2. The zero-order valence-electron chi connectivity index (χ0n) is 13.6. The summed E-state index contributed by atoms with van der Waals surface area (Å²) in [5, 5.41) is 3.22. The van der Waals surface area contributed by atoms with Crippen molar-refractivity contribution in [2.24, 2.45) is 19.8 Å². The molecule has 0 saturated heterocycles. The lowest BCUT2D eigenvalue weighted by Crippen LogP contribution is -2.37. The highest BCUT2D eigenvalue weighted by molar-refractivity contribution is 5.74. The van der Waals surface area contributed by atoms with Crippen LogP contribution < -0.4 is 22.3 Å². The number of rotatable bonds is 6. The average Bonchev–Trinajstić information content (AvgIpc) is 2.90. The highest BCUT2D eigenvalue weighted by Gasteiger charge is 2.21. The molecule has 0 fully saturated rings. The summed E-state index contributed by atoms with van der Waals surface area (Å²) in [6, 6.07) is 0.114. The van der Waals surface area contributed by atoms with E-state index in [2.05, 4.69) is 17.2 Å². The van der Waals surface area contributed by atoms with E-state index >= 15 is 0 Å². The molecule has 2 aromatic rings. The summed E-state index contributed by atoms with van der Waals surface area (Å²) >= 11 is 0. The lowest BCUT2D eigenvalue weighted by atomic mass is 10.2. The van der Waals surface area contributed by atoms with Gasteiger partial charge in [0.25, 0.3) is 5.56 Å². The summed E-state index contributed by atoms with van der Waals surface area (Å²) in [4.78, 5) is 29.0. The van der Waals surface area contributed by atoms with E-state index in [9.17, 15) is 9.59 Å². The van der Waals surface area contributed by atoms with E-state index < -0.39 is 0 Å². The smallest absolute Gasteiger partial charge is 0.332 e. The third-order valence-electron chi connectivity index (χ3n) is 3.98. The molecule has 0 saturated carbocycles. The quantitative estimate of drug-likeness (QED) is 0.741. The van der Waals surface area contributed by atoms with Crippen LogP contribution >= 0.6 is 0 Å². The molecule has 0 bridgehead atoms. The third-order valence-corrected chi connectivity index (χ3v) is 3.98. The Morgan fingerprint density at radius 1 is 1.27 bits per heavy atom. The first kappa shape index (κ1) is 16.3. The number of fused-ring (bicyclic) bond motifs is 1. The Hall–Kier alpha value is -2.09. The van der Waals surface area contributed by atoms with Gasteiger partial charge in [-0.3, -0.25) is 18.5 Å². The molecule has 8 heteroatoms. The van der Waals surface area contributed by atoms with Gasteiger partial charge < -0.3 is 11.1 Å². The minimum absolute atomic E-state index is 0.114. The van der Waals surface area contributed by atoms with Crippen molar-refractivity contribution >= 4 is 17.1 Å². The summed E-state index contributed by atoms with van der Waals surface area (Å²) in [7, 11) is 3.13. The van der Waals surface area contributed by atoms with Crippen LogP contribution in [0.15, 0.2) is 9.59 Å². The van der Waals surface area contributed by atoms with Gasteiger partial charge in [0.2, 0.25) is 5.95 Å². The molecular weight excluding hydrogens is 284 g/mol. The Bertz CT molecular complexity index is 785. The Morgan fingerprint density at radius 3 is 2.55 bits per heavy atom. The van der Waals surface area contributed by atoms with E-state index in [4.69, 9.17) is 5.73 Å². The zero-order valence-corrected chi connectivity index (χ0v) is 13.6. The Kier molecular flexibility index (Phi) is 4.70. The van der Waals surface area contributed by atoms with Crippen molar-refractivity contribution in [1.29, 1.82) is 0 Å². The maximum absolute atomic E-state index is 12.3. The monoisotopic (exact) mass is 308 g/mol. The largest absolute Gasteiger partial charge is 0.356 e. The van der Waals surface area contributed by atoms with Gasteiger partial charge in [-0.25, -0.2) is 9.78 Å². The fourth-order valence-corrected chi connectivity index (χ4v) is 2.48. The number of imidazole rings is 1. The van der Waals surface area contributed by atoms with Crippen molar-refractivity contribution in [1.82, 2.24) is 18.7 Å². The van der Waals surface area contributed by atoms with Crippen LogP contribution in [0.3, 0.4) is 0 Å². The summed E-state index contributed by atoms with van der Waals surface area (Å²) in [5.41, 5.74) is 5.65. The summed E-state index contributed by atoms with van der Waals surface area (Å²) in [6.07, 6.45) is 1.67. The maximum Gasteiger partial charge on any atom is 0.332 e. The van der Waals surface area contributed by atoms with Crippen LogP contribution in [-0.4, -0.2) is 31.8 Å². The van der Waals surface area contributed by atoms with Crippen LogP contribution in [0.25, 0.3) is 11.2 Å². The summed E-state index contributed by atoms with van der Waals surface area (Å²) in [5.74, 6) is 0.608. The summed E-state index contributed by atoms with van der Waals surface area (Å²) in [6.45, 7) is 5.35. The van der Waals surface area contributed by atoms with Crippen LogP contribution in [0.5, 0.6) is 0 Å². The second-order valence-electron chi connectivity index (χ2n) is 5.51.